The molecule has 1 saturated carbocycles. The maximum atomic E-state index is 9.94. The van der Waals surface area contributed by atoms with E-state index in [1.54, 1.807) is 4.52 Å². The molecule has 2 aromatic heterocycles. The predicted molar refractivity (Wildman–Crippen MR) is 72.0 cm³/mol. The Kier molecular flexibility index (Phi) is 3.33. The van der Waals surface area contributed by atoms with E-state index < -0.39 is 0 Å². The van der Waals surface area contributed by atoms with Gasteiger partial charge in [-0.1, -0.05) is 12.8 Å². The summed E-state index contributed by atoms with van der Waals surface area (Å²) in [4.78, 5) is 0. The number of aliphatic hydroxyl groups is 1. The summed E-state index contributed by atoms with van der Waals surface area (Å²) in [6, 6.07) is 3.80. The molecule has 2 N–H and O–H groups in total. The summed E-state index contributed by atoms with van der Waals surface area (Å²) in [6.45, 7) is 2.64. The monoisotopic (exact) mass is 261 g/mol. The quantitative estimate of drug-likeness (QED) is 0.873. The van der Waals surface area contributed by atoms with Crippen molar-refractivity contribution in [3.8, 4) is 0 Å². The summed E-state index contributed by atoms with van der Waals surface area (Å²) in [5, 5.41) is 25.7. The molecular formula is C13H19N5O. The van der Waals surface area contributed by atoms with Crippen molar-refractivity contribution in [2.75, 3.05) is 11.9 Å². The van der Waals surface area contributed by atoms with Crippen LogP contribution in [-0.2, 0) is 0 Å². The molecule has 1 aliphatic carbocycles. The highest BCUT2D eigenvalue weighted by Gasteiger charge is 2.22. The van der Waals surface area contributed by atoms with Crippen molar-refractivity contribution >= 4 is 11.5 Å². The summed E-state index contributed by atoms with van der Waals surface area (Å²) in [5.41, 5.74) is 0.751. The third-order valence-corrected chi connectivity index (χ3v) is 3.83. The molecule has 2 atom stereocenters. The van der Waals surface area contributed by atoms with Gasteiger partial charge in [0.05, 0.1) is 6.10 Å². The maximum Gasteiger partial charge on any atom is 0.178 e. The molecule has 6 nitrogen and oxygen atoms in total. The van der Waals surface area contributed by atoms with Crippen LogP contribution in [0.1, 0.15) is 31.5 Å². The Morgan fingerprint density at radius 2 is 2.16 bits per heavy atom. The molecule has 102 valence electrons. The normalized spacial score (nSPS) is 23.7. The lowest BCUT2D eigenvalue weighted by Crippen LogP contribution is -2.30. The zero-order chi connectivity index (χ0) is 13.2. The summed E-state index contributed by atoms with van der Waals surface area (Å²) in [5.74, 6) is 1.90. The standard InChI is InChI=1S/C13H19N5O/c1-9-15-16-13-7-6-12(17-18(9)13)14-8-10-4-2-3-5-11(10)19/h6-7,10-11,19H,2-5,8H2,1H3,(H,14,17)/t10-,11+/m1/s1. The lowest BCUT2D eigenvalue weighted by molar-refractivity contribution is 0.0763. The van der Waals surface area contributed by atoms with Crippen LogP contribution >= 0.6 is 0 Å². The van der Waals surface area contributed by atoms with Crippen LogP contribution in [0.5, 0.6) is 0 Å². The molecule has 0 unspecified atom stereocenters. The molecule has 3 rings (SSSR count). The minimum Gasteiger partial charge on any atom is -0.393 e. The van der Waals surface area contributed by atoms with Crippen LogP contribution in [-0.4, -0.2) is 37.6 Å². The van der Waals surface area contributed by atoms with E-state index in [0.717, 1.165) is 43.1 Å². The van der Waals surface area contributed by atoms with E-state index in [1.807, 2.05) is 19.1 Å². The van der Waals surface area contributed by atoms with Gasteiger partial charge in [-0.2, -0.15) is 4.52 Å². The van der Waals surface area contributed by atoms with Gasteiger partial charge in [-0.05, 0) is 31.9 Å². The second kappa shape index (κ2) is 5.13. The largest absolute Gasteiger partial charge is 0.393 e. The highest BCUT2D eigenvalue weighted by molar-refractivity contribution is 5.43. The van der Waals surface area contributed by atoms with Crippen molar-refractivity contribution in [2.24, 2.45) is 5.92 Å². The number of hydrogen-bond donors (Lipinski definition) is 2. The molecule has 2 aromatic rings. The number of nitrogens with zero attached hydrogens (tertiary/aromatic N) is 4. The third kappa shape index (κ3) is 2.53. The van der Waals surface area contributed by atoms with Gasteiger partial charge in [-0.25, -0.2) is 0 Å². The first kappa shape index (κ1) is 12.3. The van der Waals surface area contributed by atoms with Gasteiger partial charge < -0.3 is 10.4 Å². The maximum absolute atomic E-state index is 9.94. The predicted octanol–water partition coefficient (Wildman–Crippen LogP) is 1.40. The summed E-state index contributed by atoms with van der Waals surface area (Å²) < 4.78 is 1.72. The van der Waals surface area contributed by atoms with E-state index in [-0.39, 0.29) is 6.10 Å². The summed E-state index contributed by atoms with van der Waals surface area (Å²) in [6.07, 6.45) is 4.18. The molecule has 0 aliphatic heterocycles. The van der Waals surface area contributed by atoms with E-state index in [1.165, 1.54) is 6.42 Å². The van der Waals surface area contributed by atoms with E-state index in [2.05, 4.69) is 20.6 Å². The first-order chi connectivity index (χ1) is 9.24. The number of aromatic nitrogens is 4. The van der Waals surface area contributed by atoms with E-state index in [9.17, 15) is 5.11 Å². The molecule has 6 heteroatoms. The molecule has 0 spiro atoms. The van der Waals surface area contributed by atoms with Gasteiger partial charge in [0.25, 0.3) is 0 Å². The lowest BCUT2D eigenvalue weighted by atomic mass is 9.86. The fraction of sp³-hybridized carbons (Fsp3) is 0.615. The zero-order valence-electron chi connectivity index (χ0n) is 11.1. The first-order valence-corrected chi connectivity index (χ1v) is 6.85. The fourth-order valence-electron chi connectivity index (χ4n) is 2.65. The molecule has 0 saturated heterocycles. The number of aryl methyl sites for hydroxylation is 1. The second-order valence-electron chi connectivity index (χ2n) is 5.23. The number of aliphatic hydroxyl groups excluding tert-OH is 1. The highest BCUT2D eigenvalue weighted by Crippen LogP contribution is 2.24. The van der Waals surface area contributed by atoms with Gasteiger partial charge in [-0.3, -0.25) is 0 Å². The van der Waals surface area contributed by atoms with E-state index in [4.69, 9.17) is 0 Å². The molecule has 0 bridgehead atoms. The zero-order valence-corrected chi connectivity index (χ0v) is 11.1. The van der Waals surface area contributed by atoms with Crippen molar-refractivity contribution in [1.82, 2.24) is 19.8 Å². The number of anilines is 1. The van der Waals surface area contributed by atoms with Crippen molar-refractivity contribution in [2.45, 2.75) is 38.7 Å². The number of fused-ring (bicyclic) bond motifs is 1. The van der Waals surface area contributed by atoms with Crippen molar-refractivity contribution in [3.63, 3.8) is 0 Å². The second-order valence-corrected chi connectivity index (χ2v) is 5.23. The van der Waals surface area contributed by atoms with Gasteiger partial charge in [-0.15, -0.1) is 15.3 Å². The number of nitrogens with one attached hydrogen (secondary N) is 1. The highest BCUT2D eigenvalue weighted by atomic mass is 16.3. The van der Waals surface area contributed by atoms with E-state index in [0.29, 0.717) is 5.92 Å². The SMILES string of the molecule is Cc1nnc2ccc(NC[C@H]3CCCC[C@@H]3O)nn12. The number of hydrogen-bond acceptors (Lipinski definition) is 5. The molecule has 0 radical (unpaired) electrons. The Balaban J connectivity index is 1.69. The van der Waals surface area contributed by atoms with Crippen molar-refractivity contribution < 1.29 is 5.11 Å². The molecule has 1 aliphatic rings. The lowest BCUT2D eigenvalue weighted by Gasteiger charge is -2.27. The molecule has 2 heterocycles. The average Bonchev–Trinajstić information content (AvgIpc) is 2.79. The van der Waals surface area contributed by atoms with E-state index >= 15 is 0 Å². The Morgan fingerprint density at radius 1 is 1.32 bits per heavy atom. The Bertz CT molecular complexity index is 567. The molecule has 0 aromatic carbocycles. The van der Waals surface area contributed by atoms with Gasteiger partial charge >= 0.3 is 0 Å². The molecule has 19 heavy (non-hydrogen) atoms. The topological polar surface area (TPSA) is 75.3 Å². The molecule has 1 fully saturated rings. The van der Waals surface area contributed by atoms with Gasteiger partial charge in [0.15, 0.2) is 11.5 Å². The van der Waals surface area contributed by atoms with Crippen LogP contribution in [0.4, 0.5) is 5.82 Å². The Hall–Kier alpha value is -1.69. The minimum absolute atomic E-state index is 0.179. The molecular weight excluding hydrogens is 242 g/mol. The van der Waals surface area contributed by atoms with Crippen LogP contribution in [0.25, 0.3) is 5.65 Å². The number of rotatable bonds is 3. The summed E-state index contributed by atoms with van der Waals surface area (Å²) >= 11 is 0. The summed E-state index contributed by atoms with van der Waals surface area (Å²) in [7, 11) is 0. The van der Waals surface area contributed by atoms with Crippen LogP contribution in [0.15, 0.2) is 12.1 Å². The van der Waals surface area contributed by atoms with Crippen molar-refractivity contribution in [3.05, 3.63) is 18.0 Å². The van der Waals surface area contributed by atoms with Gasteiger partial charge in [0.1, 0.15) is 5.82 Å². The Labute approximate surface area is 111 Å². The van der Waals surface area contributed by atoms with Crippen LogP contribution in [0.3, 0.4) is 0 Å². The average molecular weight is 261 g/mol. The minimum atomic E-state index is -0.179. The Morgan fingerprint density at radius 3 is 3.00 bits per heavy atom. The van der Waals surface area contributed by atoms with Crippen LogP contribution < -0.4 is 5.32 Å². The van der Waals surface area contributed by atoms with Gasteiger partial charge in [0.2, 0.25) is 0 Å². The smallest absolute Gasteiger partial charge is 0.178 e. The van der Waals surface area contributed by atoms with Crippen LogP contribution in [0.2, 0.25) is 0 Å². The molecule has 0 amide bonds. The first-order valence-electron chi connectivity index (χ1n) is 6.85. The van der Waals surface area contributed by atoms with Gasteiger partial charge in [0, 0.05) is 12.5 Å². The third-order valence-electron chi connectivity index (χ3n) is 3.83. The fourth-order valence-corrected chi connectivity index (χ4v) is 2.65. The van der Waals surface area contributed by atoms with Crippen molar-refractivity contribution in [1.29, 1.82) is 0 Å². The van der Waals surface area contributed by atoms with Crippen LogP contribution in [0, 0.1) is 12.8 Å².